The maximum atomic E-state index is 12.9. The van der Waals surface area contributed by atoms with Crippen LogP contribution in [0.15, 0.2) is 11.8 Å². The first-order valence-electron chi connectivity index (χ1n) is 12.4. The summed E-state index contributed by atoms with van der Waals surface area (Å²) in [4.78, 5) is 38.1. The Balaban J connectivity index is 1.51. The molecule has 1 unspecified atom stereocenters. The number of allylic oxidation sites excluding steroid dienone is 2. The molecular formula is C25H38N4O4. The van der Waals surface area contributed by atoms with Crippen LogP contribution in [0.3, 0.4) is 0 Å². The van der Waals surface area contributed by atoms with Crippen molar-refractivity contribution in [3.63, 3.8) is 0 Å². The van der Waals surface area contributed by atoms with Crippen molar-refractivity contribution in [1.29, 1.82) is 5.41 Å². The largest absolute Gasteiger partial charge is 0.429 e. The van der Waals surface area contributed by atoms with Gasteiger partial charge in [0, 0.05) is 36.3 Å². The molecule has 0 heterocycles. The SMILES string of the molecule is C[C@]12C(OC(=O)[C@@H](N)CCCNC(=N)N)=CC(=O)CC1CC[C@@H]1[C@H]2CC[C@]2(C)C(=O)CC[C@@H]12. The lowest BCUT2D eigenvalue weighted by atomic mass is 9.46. The average molecular weight is 459 g/mol. The van der Waals surface area contributed by atoms with Gasteiger partial charge in [0.15, 0.2) is 11.7 Å². The minimum Gasteiger partial charge on any atom is -0.429 e. The quantitative estimate of drug-likeness (QED) is 0.207. The van der Waals surface area contributed by atoms with Gasteiger partial charge in [-0.2, -0.15) is 0 Å². The van der Waals surface area contributed by atoms with Crippen molar-refractivity contribution in [2.24, 2.45) is 46.0 Å². The lowest BCUT2D eigenvalue weighted by molar-refractivity contribution is -0.152. The lowest BCUT2D eigenvalue weighted by Gasteiger charge is -2.58. The number of fused-ring (bicyclic) bond motifs is 5. The zero-order valence-corrected chi connectivity index (χ0v) is 19.8. The van der Waals surface area contributed by atoms with Crippen LogP contribution in [0.4, 0.5) is 0 Å². The van der Waals surface area contributed by atoms with Crippen LogP contribution >= 0.6 is 0 Å². The number of guanidine groups is 1. The smallest absolute Gasteiger partial charge is 0.328 e. The van der Waals surface area contributed by atoms with E-state index in [9.17, 15) is 14.4 Å². The van der Waals surface area contributed by atoms with Crippen LogP contribution in [0.2, 0.25) is 0 Å². The van der Waals surface area contributed by atoms with Crippen molar-refractivity contribution in [2.45, 2.75) is 77.7 Å². The monoisotopic (exact) mass is 458 g/mol. The summed E-state index contributed by atoms with van der Waals surface area (Å²) >= 11 is 0. The predicted molar refractivity (Wildman–Crippen MR) is 124 cm³/mol. The molecule has 0 radical (unpaired) electrons. The van der Waals surface area contributed by atoms with Crippen LogP contribution < -0.4 is 16.8 Å². The molecule has 4 rings (SSSR count). The Hall–Kier alpha value is -2.22. The predicted octanol–water partition coefficient (Wildman–Crippen LogP) is 2.40. The van der Waals surface area contributed by atoms with Crippen molar-refractivity contribution in [3.8, 4) is 0 Å². The molecular weight excluding hydrogens is 420 g/mol. The third-order valence-electron chi connectivity index (χ3n) is 9.40. The Bertz CT molecular complexity index is 886. The first-order chi connectivity index (χ1) is 15.6. The Morgan fingerprint density at radius 2 is 2.00 bits per heavy atom. The normalized spacial score (nSPS) is 38.5. The zero-order chi connectivity index (χ0) is 24.0. The number of carbonyl (C=O) groups is 3. The number of Topliss-reactive ketones (excluding diaryl/α,β-unsaturated/α-hetero) is 1. The van der Waals surface area contributed by atoms with Crippen molar-refractivity contribution < 1.29 is 19.1 Å². The summed E-state index contributed by atoms with van der Waals surface area (Å²) in [6.07, 6.45) is 8.38. The molecule has 0 spiro atoms. The van der Waals surface area contributed by atoms with Crippen LogP contribution in [0, 0.1) is 39.9 Å². The first-order valence-corrected chi connectivity index (χ1v) is 12.4. The molecule has 0 aliphatic heterocycles. The van der Waals surface area contributed by atoms with E-state index in [0.717, 1.165) is 32.1 Å². The molecule has 4 aliphatic rings. The van der Waals surface area contributed by atoms with E-state index in [2.05, 4.69) is 19.2 Å². The number of hydrogen-bond acceptors (Lipinski definition) is 6. The van der Waals surface area contributed by atoms with Gasteiger partial charge in [-0.25, -0.2) is 4.79 Å². The highest BCUT2D eigenvalue weighted by molar-refractivity contribution is 5.92. The Morgan fingerprint density at radius 1 is 1.24 bits per heavy atom. The molecule has 182 valence electrons. The second-order valence-corrected chi connectivity index (χ2v) is 11.0. The van der Waals surface area contributed by atoms with E-state index >= 15 is 0 Å². The van der Waals surface area contributed by atoms with Gasteiger partial charge in [-0.15, -0.1) is 0 Å². The fourth-order valence-corrected chi connectivity index (χ4v) is 7.49. The first kappa shape index (κ1) is 23.9. The van der Waals surface area contributed by atoms with Crippen LogP contribution in [0.1, 0.15) is 71.6 Å². The second-order valence-electron chi connectivity index (χ2n) is 11.0. The van der Waals surface area contributed by atoms with Gasteiger partial charge < -0.3 is 21.5 Å². The van der Waals surface area contributed by atoms with Crippen LogP contribution in [0.25, 0.3) is 0 Å². The second kappa shape index (κ2) is 8.85. The summed E-state index contributed by atoms with van der Waals surface area (Å²) in [5.74, 6) is 1.51. The van der Waals surface area contributed by atoms with E-state index < -0.39 is 17.4 Å². The number of ether oxygens (including phenoxy) is 1. The van der Waals surface area contributed by atoms with E-state index in [1.807, 2.05) is 0 Å². The molecule has 7 atom stereocenters. The molecule has 0 aromatic rings. The lowest BCUT2D eigenvalue weighted by Crippen LogP contribution is -2.54. The van der Waals surface area contributed by atoms with Crippen LogP contribution in [-0.4, -0.2) is 36.1 Å². The highest BCUT2D eigenvalue weighted by atomic mass is 16.5. The van der Waals surface area contributed by atoms with Gasteiger partial charge in [0.1, 0.15) is 17.6 Å². The number of carbonyl (C=O) groups excluding carboxylic acids is 3. The molecule has 0 amide bonds. The van der Waals surface area contributed by atoms with Gasteiger partial charge in [-0.05, 0) is 68.6 Å². The van der Waals surface area contributed by atoms with Gasteiger partial charge in [0.25, 0.3) is 0 Å². The Morgan fingerprint density at radius 3 is 2.73 bits per heavy atom. The molecule has 33 heavy (non-hydrogen) atoms. The van der Waals surface area contributed by atoms with Gasteiger partial charge >= 0.3 is 5.97 Å². The minimum atomic E-state index is -0.805. The molecule has 0 aromatic carbocycles. The third-order valence-corrected chi connectivity index (χ3v) is 9.40. The van der Waals surface area contributed by atoms with E-state index in [0.29, 0.717) is 61.5 Å². The Kier molecular flexibility index (Phi) is 6.42. The van der Waals surface area contributed by atoms with Crippen molar-refractivity contribution in [2.75, 3.05) is 6.54 Å². The highest BCUT2D eigenvalue weighted by Crippen LogP contribution is 2.65. The molecule has 8 heteroatoms. The highest BCUT2D eigenvalue weighted by Gasteiger charge is 2.62. The van der Waals surface area contributed by atoms with Crippen molar-refractivity contribution in [3.05, 3.63) is 11.8 Å². The number of ketones is 2. The zero-order valence-electron chi connectivity index (χ0n) is 19.8. The van der Waals surface area contributed by atoms with Crippen molar-refractivity contribution >= 4 is 23.5 Å². The molecule has 8 nitrogen and oxygen atoms in total. The molecule has 4 aliphatic carbocycles. The number of hydrogen-bond donors (Lipinski definition) is 4. The van der Waals surface area contributed by atoms with E-state index in [-0.39, 0.29) is 23.1 Å². The van der Waals surface area contributed by atoms with E-state index in [1.54, 1.807) is 0 Å². The summed E-state index contributed by atoms with van der Waals surface area (Å²) in [5, 5.41) is 9.89. The Labute approximate surface area is 195 Å². The van der Waals surface area contributed by atoms with Crippen LogP contribution in [-0.2, 0) is 19.1 Å². The van der Waals surface area contributed by atoms with Gasteiger partial charge in [0.2, 0.25) is 0 Å². The van der Waals surface area contributed by atoms with E-state index in [4.69, 9.17) is 21.6 Å². The number of esters is 1. The topological polar surface area (TPSA) is 148 Å². The molecule has 0 bridgehead atoms. The summed E-state index contributed by atoms with van der Waals surface area (Å²) < 4.78 is 5.90. The minimum absolute atomic E-state index is 0.00893. The molecule has 0 aromatic heterocycles. The maximum Gasteiger partial charge on any atom is 0.328 e. The molecule has 0 saturated heterocycles. The summed E-state index contributed by atoms with van der Waals surface area (Å²) in [6.45, 7) is 4.78. The number of rotatable bonds is 6. The van der Waals surface area contributed by atoms with Gasteiger partial charge in [-0.3, -0.25) is 15.0 Å². The molecule has 3 fully saturated rings. The van der Waals surface area contributed by atoms with Crippen molar-refractivity contribution in [1.82, 2.24) is 5.32 Å². The van der Waals surface area contributed by atoms with Crippen LogP contribution in [0.5, 0.6) is 0 Å². The third kappa shape index (κ3) is 4.11. The fraction of sp³-hybridized carbons (Fsp3) is 0.760. The molecule has 6 N–H and O–H groups in total. The number of nitrogens with one attached hydrogen (secondary N) is 2. The van der Waals surface area contributed by atoms with E-state index in [1.165, 1.54) is 6.08 Å². The molecule has 3 saturated carbocycles. The summed E-state index contributed by atoms with van der Waals surface area (Å²) in [6, 6.07) is -0.805. The average Bonchev–Trinajstić information content (AvgIpc) is 3.06. The standard InChI is InChI=1S/C25H38N4O4/c1-24-10-9-18-16(17(24)7-8-20(24)31)6-5-14-12-15(30)13-21(25(14,18)2)33-22(32)19(26)4-3-11-29-23(27)28/h13-14,16-19H,3-12,26H2,1-2H3,(H4,27,28,29)/t14?,16-,17-,18+,19-,24-,25-/m0/s1. The summed E-state index contributed by atoms with van der Waals surface area (Å²) in [5.41, 5.74) is 10.8. The fourth-order valence-electron chi connectivity index (χ4n) is 7.49. The number of nitrogens with two attached hydrogens (primary N) is 2. The summed E-state index contributed by atoms with van der Waals surface area (Å²) in [7, 11) is 0. The van der Waals surface area contributed by atoms with Gasteiger partial charge in [0.05, 0.1) is 0 Å². The maximum absolute atomic E-state index is 12.9. The van der Waals surface area contributed by atoms with Gasteiger partial charge in [-0.1, -0.05) is 13.8 Å².